The highest BCUT2D eigenvalue weighted by Gasteiger charge is 2.23. The van der Waals surface area contributed by atoms with Crippen LogP contribution in [0.3, 0.4) is 0 Å². The lowest BCUT2D eigenvalue weighted by molar-refractivity contribution is 0.0994. The second-order valence-corrected chi connectivity index (χ2v) is 7.62. The van der Waals surface area contributed by atoms with Crippen molar-refractivity contribution in [1.82, 2.24) is 24.6 Å². The third-order valence-corrected chi connectivity index (χ3v) is 5.25. The third-order valence-electron chi connectivity index (χ3n) is 5.25. The van der Waals surface area contributed by atoms with Crippen molar-refractivity contribution in [3.63, 3.8) is 0 Å². The molecule has 1 amide bonds. The van der Waals surface area contributed by atoms with Gasteiger partial charge in [0.2, 0.25) is 5.76 Å². The van der Waals surface area contributed by atoms with Crippen molar-refractivity contribution < 1.29 is 18.0 Å². The summed E-state index contributed by atoms with van der Waals surface area (Å²) in [6.07, 6.45) is 2.89. The second-order valence-electron chi connectivity index (χ2n) is 7.62. The molecule has 0 radical (unpaired) electrons. The van der Waals surface area contributed by atoms with Gasteiger partial charge in [-0.15, -0.1) is 5.10 Å². The smallest absolute Gasteiger partial charge is 0.293 e. The average Bonchev–Trinajstić information content (AvgIpc) is 3.46. The van der Waals surface area contributed by atoms with Crippen LogP contribution < -0.4 is 10.2 Å². The van der Waals surface area contributed by atoms with Gasteiger partial charge in [0, 0.05) is 25.7 Å². The average molecular weight is 439 g/mol. The number of nitrogens with one attached hydrogen (secondary N) is 1. The van der Waals surface area contributed by atoms with Gasteiger partial charge in [0.05, 0.1) is 29.3 Å². The molecular weight excluding hydrogens is 420 g/mol. The van der Waals surface area contributed by atoms with E-state index in [4.69, 9.17) is 4.42 Å². The molecule has 1 unspecified atom stereocenters. The summed E-state index contributed by atoms with van der Waals surface area (Å²) in [5.74, 6) is -0.184. The molecule has 1 aliphatic heterocycles. The third kappa shape index (κ3) is 3.66. The number of aryl methyl sites for hydroxylation is 2. The van der Waals surface area contributed by atoms with Gasteiger partial charge >= 0.3 is 0 Å². The molecule has 1 fully saturated rings. The summed E-state index contributed by atoms with van der Waals surface area (Å²) in [6.45, 7) is 4.21. The maximum absolute atomic E-state index is 14.6. The van der Waals surface area contributed by atoms with Gasteiger partial charge in [0.15, 0.2) is 11.7 Å². The highest BCUT2D eigenvalue weighted by molar-refractivity contribution is 6.03. The topological polar surface area (TPSA) is 101 Å². The summed E-state index contributed by atoms with van der Waals surface area (Å²) >= 11 is 0. The fraction of sp³-hybridized carbons (Fsp3) is 0.286. The highest BCUT2D eigenvalue weighted by Crippen LogP contribution is 2.26. The van der Waals surface area contributed by atoms with Crippen molar-refractivity contribution in [2.24, 2.45) is 0 Å². The predicted octanol–water partition coefficient (Wildman–Crippen LogP) is 3.34. The predicted molar refractivity (Wildman–Crippen MR) is 112 cm³/mol. The summed E-state index contributed by atoms with van der Waals surface area (Å²) in [5.41, 5.74) is 1.63. The van der Waals surface area contributed by atoms with Crippen LogP contribution in [0.4, 0.5) is 20.2 Å². The van der Waals surface area contributed by atoms with E-state index in [0.29, 0.717) is 42.5 Å². The van der Waals surface area contributed by atoms with Crippen molar-refractivity contribution in [1.29, 1.82) is 0 Å². The number of rotatable bonds is 4. The molecule has 1 atom stereocenters. The fourth-order valence-corrected chi connectivity index (χ4v) is 3.71. The van der Waals surface area contributed by atoms with Crippen molar-refractivity contribution in [3.8, 4) is 11.4 Å². The highest BCUT2D eigenvalue weighted by atomic mass is 19.1. The summed E-state index contributed by atoms with van der Waals surface area (Å²) in [5, 5.41) is 7.01. The molecule has 164 valence electrons. The van der Waals surface area contributed by atoms with Gasteiger partial charge in [0.1, 0.15) is 12.0 Å². The van der Waals surface area contributed by atoms with E-state index in [1.165, 1.54) is 22.7 Å². The van der Waals surface area contributed by atoms with Crippen molar-refractivity contribution in [3.05, 3.63) is 53.8 Å². The quantitative estimate of drug-likeness (QED) is 0.520. The first-order chi connectivity index (χ1) is 15.4. The number of anilines is 2. The SMILES string of the molecule is Cc1nc(C)c(C(=O)Nc2ccc(F)c(-c3nc4ncc(N5CCC(F)C5)cn4n3)c2)o1. The molecule has 1 aliphatic rings. The number of hydrogen-bond donors (Lipinski definition) is 1. The molecule has 0 spiro atoms. The normalized spacial score (nSPS) is 16.1. The Morgan fingerprint density at radius 3 is 2.84 bits per heavy atom. The number of aromatic nitrogens is 5. The summed E-state index contributed by atoms with van der Waals surface area (Å²) < 4.78 is 34.9. The van der Waals surface area contributed by atoms with Crippen LogP contribution >= 0.6 is 0 Å². The van der Waals surface area contributed by atoms with E-state index in [1.54, 1.807) is 26.2 Å². The molecule has 32 heavy (non-hydrogen) atoms. The number of amides is 1. The van der Waals surface area contributed by atoms with Crippen LogP contribution in [-0.4, -0.2) is 49.7 Å². The van der Waals surface area contributed by atoms with Crippen LogP contribution in [-0.2, 0) is 0 Å². The lowest BCUT2D eigenvalue weighted by Crippen LogP contribution is -2.20. The van der Waals surface area contributed by atoms with Gasteiger partial charge < -0.3 is 14.6 Å². The number of oxazole rings is 1. The number of carbonyl (C=O) groups excluding carboxylic acids is 1. The Bertz CT molecular complexity index is 1330. The van der Waals surface area contributed by atoms with Crippen LogP contribution in [0.2, 0.25) is 0 Å². The van der Waals surface area contributed by atoms with Crippen LogP contribution in [0.5, 0.6) is 0 Å². The van der Waals surface area contributed by atoms with E-state index in [2.05, 4.69) is 25.4 Å². The Balaban J connectivity index is 1.44. The molecule has 3 aromatic heterocycles. The standard InChI is InChI=1S/C21H19F2N7O2/c1-11-18(32-12(2)25-11)20(31)26-14-3-4-17(23)16(7-14)19-27-21-24-8-15(10-30(21)28-19)29-6-5-13(22)9-29/h3-4,7-8,10,13H,5-6,9H2,1-2H3,(H,26,31). The van der Waals surface area contributed by atoms with Gasteiger partial charge in [-0.3, -0.25) is 4.79 Å². The van der Waals surface area contributed by atoms with Gasteiger partial charge in [-0.25, -0.2) is 23.3 Å². The Morgan fingerprint density at radius 1 is 1.28 bits per heavy atom. The van der Waals surface area contributed by atoms with Crippen molar-refractivity contribution in [2.45, 2.75) is 26.4 Å². The maximum Gasteiger partial charge on any atom is 0.293 e. The van der Waals surface area contributed by atoms with E-state index < -0.39 is 17.9 Å². The number of benzene rings is 1. The zero-order valence-corrected chi connectivity index (χ0v) is 17.3. The number of halogens is 2. The number of carbonyl (C=O) groups is 1. The van der Waals surface area contributed by atoms with E-state index in [-0.39, 0.29) is 22.9 Å². The van der Waals surface area contributed by atoms with E-state index >= 15 is 0 Å². The Labute approximate surface area is 181 Å². The number of fused-ring (bicyclic) bond motifs is 1. The molecule has 0 aliphatic carbocycles. The second kappa shape index (κ2) is 7.66. The van der Waals surface area contributed by atoms with Crippen LogP contribution in [0.15, 0.2) is 35.0 Å². The molecule has 4 heterocycles. The molecule has 9 nitrogen and oxygen atoms in total. The summed E-state index contributed by atoms with van der Waals surface area (Å²) in [6, 6.07) is 4.09. The molecule has 4 aromatic rings. The summed E-state index contributed by atoms with van der Waals surface area (Å²) in [4.78, 5) is 27.0. The minimum Gasteiger partial charge on any atom is -0.436 e. The molecule has 1 N–H and O–H groups in total. The molecule has 1 aromatic carbocycles. The number of alkyl halides is 1. The molecule has 1 saturated heterocycles. The zero-order chi connectivity index (χ0) is 22.4. The van der Waals surface area contributed by atoms with Gasteiger partial charge in [0.25, 0.3) is 11.7 Å². The Hall–Kier alpha value is -3.89. The van der Waals surface area contributed by atoms with Crippen molar-refractivity contribution in [2.75, 3.05) is 23.3 Å². The Kier molecular flexibility index (Phi) is 4.80. The first-order valence-electron chi connectivity index (χ1n) is 10.0. The van der Waals surface area contributed by atoms with Gasteiger partial charge in [-0.05, 0) is 31.5 Å². The van der Waals surface area contributed by atoms with E-state index in [0.717, 1.165) is 0 Å². The zero-order valence-electron chi connectivity index (χ0n) is 17.3. The minimum absolute atomic E-state index is 0.0911. The molecule has 0 bridgehead atoms. The van der Waals surface area contributed by atoms with E-state index in [9.17, 15) is 13.6 Å². The largest absolute Gasteiger partial charge is 0.436 e. The van der Waals surface area contributed by atoms with E-state index in [1.807, 2.05) is 4.90 Å². The minimum atomic E-state index is -0.867. The molecule has 5 rings (SSSR count). The number of hydrogen-bond acceptors (Lipinski definition) is 7. The Morgan fingerprint density at radius 2 is 2.12 bits per heavy atom. The number of nitrogens with zero attached hydrogens (tertiary/aromatic N) is 6. The lowest BCUT2D eigenvalue weighted by atomic mass is 10.1. The maximum atomic E-state index is 14.6. The molecule has 0 saturated carbocycles. The van der Waals surface area contributed by atoms with Crippen LogP contribution in [0, 0.1) is 19.7 Å². The monoisotopic (exact) mass is 439 g/mol. The molecular formula is C21H19F2N7O2. The molecule has 11 heteroatoms. The van der Waals surface area contributed by atoms with Crippen molar-refractivity contribution >= 4 is 23.1 Å². The van der Waals surface area contributed by atoms with Crippen LogP contribution in [0.1, 0.15) is 28.6 Å². The summed E-state index contributed by atoms with van der Waals surface area (Å²) in [7, 11) is 0. The van der Waals surface area contributed by atoms with Gasteiger partial charge in [-0.2, -0.15) is 4.98 Å². The fourth-order valence-electron chi connectivity index (χ4n) is 3.71. The first-order valence-corrected chi connectivity index (χ1v) is 10.0. The van der Waals surface area contributed by atoms with Gasteiger partial charge in [-0.1, -0.05) is 0 Å². The first kappa shape index (κ1) is 20.0. The lowest BCUT2D eigenvalue weighted by Gasteiger charge is -2.16. The van der Waals surface area contributed by atoms with Crippen LogP contribution in [0.25, 0.3) is 17.2 Å².